The van der Waals surface area contributed by atoms with Crippen LogP contribution in [0.2, 0.25) is 0 Å². The van der Waals surface area contributed by atoms with Crippen LogP contribution in [0.25, 0.3) is 22.2 Å². The van der Waals surface area contributed by atoms with E-state index in [2.05, 4.69) is 20.5 Å². The maximum atomic E-state index is 12.6. The Morgan fingerprint density at radius 3 is 2.68 bits per heavy atom. The highest BCUT2D eigenvalue weighted by atomic mass is 16.1. The van der Waals surface area contributed by atoms with Crippen LogP contribution in [-0.4, -0.2) is 21.1 Å². The summed E-state index contributed by atoms with van der Waals surface area (Å²) in [4.78, 5) is 17.1. The molecule has 4 aromatic rings. The molecule has 0 unspecified atom stereocenters. The summed E-state index contributed by atoms with van der Waals surface area (Å²) in [5.74, 6) is -0.234. The average Bonchev–Trinajstić information content (AvgIpc) is 3.13. The highest BCUT2D eigenvalue weighted by molar-refractivity contribution is 6.08. The van der Waals surface area contributed by atoms with Gasteiger partial charge in [-0.3, -0.25) is 14.9 Å². The third-order valence-electron chi connectivity index (χ3n) is 4.01. The molecule has 0 aliphatic heterocycles. The first kappa shape index (κ1) is 15.1. The van der Waals surface area contributed by atoms with Crippen LogP contribution in [0.1, 0.15) is 16.2 Å². The van der Waals surface area contributed by atoms with E-state index in [1.807, 2.05) is 67.6 Å². The SMILES string of the molecule is Cc1ccc2c(NC(=O)c3cc(-c4ccccc4)n[nH]3)cccc2n1. The van der Waals surface area contributed by atoms with Crippen LogP contribution >= 0.6 is 0 Å². The van der Waals surface area contributed by atoms with E-state index in [0.717, 1.165) is 33.5 Å². The maximum absolute atomic E-state index is 12.6. The number of hydrogen-bond acceptors (Lipinski definition) is 3. The molecule has 1 amide bonds. The van der Waals surface area contributed by atoms with Gasteiger partial charge in [0.25, 0.3) is 5.91 Å². The molecule has 5 nitrogen and oxygen atoms in total. The Labute approximate surface area is 144 Å². The molecule has 0 saturated heterocycles. The fraction of sp³-hybridized carbons (Fsp3) is 0.0500. The second kappa shape index (κ2) is 6.20. The van der Waals surface area contributed by atoms with Crippen molar-refractivity contribution in [2.24, 2.45) is 0 Å². The Morgan fingerprint density at radius 2 is 1.84 bits per heavy atom. The molecule has 0 bridgehead atoms. The van der Waals surface area contributed by atoms with Gasteiger partial charge < -0.3 is 5.32 Å². The Morgan fingerprint density at radius 1 is 1.00 bits per heavy atom. The summed E-state index contributed by atoms with van der Waals surface area (Å²) in [7, 11) is 0. The van der Waals surface area contributed by atoms with Gasteiger partial charge >= 0.3 is 0 Å². The van der Waals surface area contributed by atoms with Gasteiger partial charge in [-0.2, -0.15) is 5.10 Å². The zero-order chi connectivity index (χ0) is 17.2. The minimum absolute atomic E-state index is 0.234. The van der Waals surface area contributed by atoms with Gasteiger partial charge in [0.1, 0.15) is 5.69 Å². The van der Waals surface area contributed by atoms with Crippen molar-refractivity contribution in [3.05, 3.63) is 78.1 Å². The Hall–Kier alpha value is -3.47. The fourth-order valence-electron chi connectivity index (χ4n) is 2.75. The third kappa shape index (κ3) is 2.99. The van der Waals surface area contributed by atoms with Crippen molar-refractivity contribution < 1.29 is 4.79 Å². The number of rotatable bonds is 3. The molecule has 0 saturated carbocycles. The average molecular weight is 328 g/mol. The molecule has 0 fully saturated rings. The maximum Gasteiger partial charge on any atom is 0.273 e. The van der Waals surface area contributed by atoms with E-state index in [1.165, 1.54) is 0 Å². The van der Waals surface area contributed by atoms with Gasteiger partial charge in [0, 0.05) is 16.6 Å². The molecule has 2 aromatic carbocycles. The molecular formula is C20H16N4O. The smallest absolute Gasteiger partial charge is 0.273 e. The summed E-state index contributed by atoms with van der Waals surface area (Å²) in [6.45, 7) is 1.94. The van der Waals surface area contributed by atoms with Gasteiger partial charge in [0.15, 0.2) is 0 Å². The van der Waals surface area contributed by atoms with E-state index in [4.69, 9.17) is 0 Å². The number of amides is 1. The van der Waals surface area contributed by atoms with Gasteiger partial charge in [-0.05, 0) is 37.3 Å². The lowest BCUT2D eigenvalue weighted by Crippen LogP contribution is -2.12. The number of nitrogens with zero attached hydrogens (tertiary/aromatic N) is 2. The van der Waals surface area contributed by atoms with E-state index in [9.17, 15) is 4.79 Å². The summed E-state index contributed by atoms with van der Waals surface area (Å²) < 4.78 is 0. The van der Waals surface area contributed by atoms with E-state index < -0.39 is 0 Å². The van der Waals surface area contributed by atoms with Crippen molar-refractivity contribution >= 4 is 22.5 Å². The van der Waals surface area contributed by atoms with Gasteiger partial charge in [-0.1, -0.05) is 36.4 Å². The number of anilines is 1. The van der Waals surface area contributed by atoms with E-state index >= 15 is 0 Å². The van der Waals surface area contributed by atoms with Crippen LogP contribution in [0.5, 0.6) is 0 Å². The normalized spacial score (nSPS) is 10.8. The molecule has 0 radical (unpaired) electrons. The van der Waals surface area contributed by atoms with Crippen molar-refractivity contribution in [1.82, 2.24) is 15.2 Å². The number of pyridine rings is 1. The van der Waals surface area contributed by atoms with Crippen molar-refractivity contribution in [3.63, 3.8) is 0 Å². The summed E-state index contributed by atoms with van der Waals surface area (Å²) in [5, 5.41) is 10.9. The van der Waals surface area contributed by atoms with Crippen LogP contribution < -0.4 is 5.32 Å². The molecule has 0 aliphatic carbocycles. The second-order valence-corrected chi connectivity index (χ2v) is 5.81. The number of hydrogen-bond donors (Lipinski definition) is 2. The lowest BCUT2D eigenvalue weighted by Gasteiger charge is -2.07. The molecule has 122 valence electrons. The first-order valence-corrected chi connectivity index (χ1v) is 7.99. The topological polar surface area (TPSA) is 70.7 Å². The lowest BCUT2D eigenvalue weighted by molar-refractivity contribution is 0.102. The number of aromatic amines is 1. The molecule has 0 atom stereocenters. The molecule has 2 N–H and O–H groups in total. The van der Waals surface area contributed by atoms with E-state index in [0.29, 0.717) is 5.69 Å². The minimum atomic E-state index is -0.234. The van der Waals surface area contributed by atoms with Gasteiger partial charge in [-0.15, -0.1) is 0 Å². The highest BCUT2D eigenvalue weighted by Crippen LogP contribution is 2.23. The zero-order valence-electron chi connectivity index (χ0n) is 13.7. The standard InChI is InChI=1S/C20H16N4O/c1-13-10-11-15-16(21-13)8-5-9-17(15)22-20(25)19-12-18(23-24-19)14-6-3-2-4-7-14/h2-12H,1H3,(H,22,25)(H,23,24). The molecule has 2 aromatic heterocycles. The first-order chi connectivity index (χ1) is 12.2. The van der Waals surface area contributed by atoms with Crippen LogP contribution in [0.15, 0.2) is 66.7 Å². The van der Waals surface area contributed by atoms with Crippen LogP contribution in [0.3, 0.4) is 0 Å². The zero-order valence-corrected chi connectivity index (χ0v) is 13.7. The monoisotopic (exact) mass is 328 g/mol. The number of aryl methyl sites for hydroxylation is 1. The molecule has 0 spiro atoms. The fourth-order valence-corrected chi connectivity index (χ4v) is 2.75. The highest BCUT2D eigenvalue weighted by Gasteiger charge is 2.12. The largest absolute Gasteiger partial charge is 0.320 e. The van der Waals surface area contributed by atoms with E-state index in [-0.39, 0.29) is 5.91 Å². The summed E-state index contributed by atoms with van der Waals surface area (Å²) in [6.07, 6.45) is 0. The number of benzene rings is 2. The molecule has 0 aliphatic rings. The molecule has 25 heavy (non-hydrogen) atoms. The second-order valence-electron chi connectivity index (χ2n) is 5.81. The number of carbonyl (C=O) groups excluding carboxylic acids is 1. The number of fused-ring (bicyclic) bond motifs is 1. The van der Waals surface area contributed by atoms with Gasteiger partial charge in [0.05, 0.1) is 16.9 Å². The van der Waals surface area contributed by atoms with E-state index in [1.54, 1.807) is 6.07 Å². The minimum Gasteiger partial charge on any atom is -0.320 e. The molecule has 4 rings (SSSR count). The molecule has 5 heteroatoms. The Bertz CT molecular complexity index is 1050. The summed E-state index contributed by atoms with van der Waals surface area (Å²) in [5.41, 5.74) is 4.63. The van der Waals surface area contributed by atoms with Crippen LogP contribution in [0.4, 0.5) is 5.69 Å². The molecule has 2 heterocycles. The first-order valence-electron chi connectivity index (χ1n) is 7.99. The quantitative estimate of drug-likeness (QED) is 0.592. The van der Waals surface area contributed by atoms with Crippen molar-refractivity contribution in [1.29, 1.82) is 0 Å². The predicted octanol–water partition coefficient (Wildman–Crippen LogP) is 4.19. The number of nitrogens with one attached hydrogen (secondary N) is 2. The van der Waals surface area contributed by atoms with Gasteiger partial charge in [0.2, 0.25) is 0 Å². The van der Waals surface area contributed by atoms with Crippen molar-refractivity contribution in [2.45, 2.75) is 6.92 Å². The number of carbonyl (C=O) groups is 1. The van der Waals surface area contributed by atoms with Crippen molar-refractivity contribution in [2.75, 3.05) is 5.32 Å². The number of H-pyrrole nitrogens is 1. The van der Waals surface area contributed by atoms with Gasteiger partial charge in [-0.25, -0.2) is 0 Å². The van der Waals surface area contributed by atoms with Crippen LogP contribution in [0, 0.1) is 6.92 Å². The van der Waals surface area contributed by atoms with Crippen molar-refractivity contribution in [3.8, 4) is 11.3 Å². The van der Waals surface area contributed by atoms with Crippen LogP contribution in [-0.2, 0) is 0 Å². The lowest BCUT2D eigenvalue weighted by atomic mass is 10.1. The Balaban J connectivity index is 1.62. The molecular weight excluding hydrogens is 312 g/mol. The summed E-state index contributed by atoms with van der Waals surface area (Å²) in [6, 6.07) is 21.1. The number of aromatic nitrogens is 3. The predicted molar refractivity (Wildman–Crippen MR) is 98.5 cm³/mol. The Kier molecular flexibility index (Phi) is 3.74. The summed E-state index contributed by atoms with van der Waals surface area (Å²) >= 11 is 0. The third-order valence-corrected chi connectivity index (χ3v) is 4.01.